The molecule has 1 rings (SSSR count). The van der Waals surface area contributed by atoms with E-state index in [4.69, 9.17) is 16.3 Å². The fraction of sp³-hybridized carbons (Fsp3) is 0.438. The number of alkyl halides is 1. The van der Waals surface area contributed by atoms with Gasteiger partial charge in [0.25, 0.3) is 0 Å². The summed E-state index contributed by atoms with van der Waals surface area (Å²) in [5.41, 5.74) is 3.36. The van der Waals surface area contributed by atoms with E-state index in [1.807, 2.05) is 38.2 Å². The Labute approximate surface area is 126 Å². The van der Waals surface area contributed by atoms with Gasteiger partial charge in [0.15, 0.2) is 0 Å². The summed E-state index contributed by atoms with van der Waals surface area (Å²) in [6.07, 6.45) is 1.85. The largest absolute Gasteiger partial charge is 0.380 e. The van der Waals surface area contributed by atoms with Gasteiger partial charge in [0.1, 0.15) is 5.88 Å². The molecule has 1 amide bonds. The van der Waals surface area contributed by atoms with Crippen molar-refractivity contribution in [1.82, 2.24) is 4.90 Å². The Kier molecular flexibility index (Phi) is 7.34. The van der Waals surface area contributed by atoms with Gasteiger partial charge in [0.05, 0.1) is 6.61 Å². The van der Waals surface area contributed by atoms with Crippen molar-refractivity contribution in [3.63, 3.8) is 0 Å². The Hall–Kier alpha value is -1.32. The lowest BCUT2D eigenvalue weighted by Gasteiger charge is -2.19. The molecule has 0 aliphatic carbocycles. The van der Waals surface area contributed by atoms with Gasteiger partial charge < -0.3 is 9.64 Å². The van der Waals surface area contributed by atoms with Crippen molar-refractivity contribution in [2.75, 3.05) is 25.6 Å². The maximum Gasteiger partial charge on any atom is 0.241 e. The van der Waals surface area contributed by atoms with Crippen molar-refractivity contribution < 1.29 is 9.53 Å². The molecule has 4 heteroatoms. The SMILES string of the molecule is CCOCCN(/C=C(\C)c1ccccc1C)C(=O)CCl. The first kappa shape index (κ1) is 16.7. The van der Waals surface area contributed by atoms with Crippen LogP contribution in [0.15, 0.2) is 30.5 Å². The van der Waals surface area contributed by atoms with E-state index in [1.165, 1.54) is 5.56 Å². The maximum absolute atomic E-state index is 11.9. The van der Waals surface area contributed by atoms with Gasteiger partial charge in [-0.05, 0) is 37.5 Å². The van der Waals surface area contributed by atoms with Gasteiger partial charge in [-0.25, -0.2) is 0 Å². The quantitative estimate of drug-likeness (QED) is 0.569. The monoisotopic (exact) mass is 295 g/mol. The van der Waals surface area contributed by atoms with Crippen molar-refractivity contribution in [3.8, 4) is 0 Å². The van der Waals surface area contributed by atoms with E-state index in [0.29, 0.717) is 19.8 Å². The molecule has 0 saturated carbocycles. The second-order valence-electron chi connectivity index (χ2n) is 4.54. The highest BCUT2D eigenvalue weighted by Crippen LogP contribution is 2.18. The third kappa shape index (κ3) is 4.99. The molecule has 0 aliphatic rings. The highest BCUT2D eigenvalue weighted by atomic mass is 35.5. The molecule has 110 valence electrons. The lowest BCUT2D eigenvalue weighted by molar-refractivity contribution is -0.126. The minimum Gasteiger partial charge on any atom is -0.380 e. The number of ether oxygens (including phenoxy) is 1. The van der Waals surface area contributed by atoms with Crippen LogP contribution in [0.4, 0.5) is 0 Å². The zero-order chi connectivity index (χ0) is 15.0. The summed E-state index contributed by atoms with van der Waals surface area (Å²) in [5.74, 6) is -0.136. The summed E-state index contributed by atoms with van der Waals surface area (Å²) in [6.45, 7) is 7.66. The Morgan fingerprint density at radius 1 is 1.40 bits per heavy atom. The van der Waals surface area contributed by atoms with Crippen LogP contribution in [0.2, 0.25) is 0 Å². The average molecular weight is 296 g/mol. The number of carbonyl (C=O) groups is 1. The molecule has 0 aromatic heterocycles. The lowest BCUT2D eigenvalue weighted by Crippen LogP contribution is -2.30. The van der Waals surface area contributed by atoms with Crippen LogP contribution >= 0.6 is 11.6 Å². The molecule has 1 aromatic rings. The van der Waals surface area contributed by atoms with Crippen LogP contribution in [0, 0.1) is 6.92 Å². The van der Waals surface area contributed by atoms with Crippen LogP contribution in [0.25, 0.3) is 5.57 Å². The summed E-state index contributed by atoms with van der Waals surface area (Å²) in [4.78, 5) is 13.5. The first-order valence-electron chi connectivity index (χ1n) is 6.77. The van der Waals surface area contributed by atoms with E-state index in [-0.39, 0.29) is 11.8 Å². The molecular weight excluding hydrogens is 274 g/mol. The molecule has 20 heavy (non-hydrogen) atoms. The molecule has 0 bridgehead atoms. The summed E-state index contributed by atoms with van der Waals surface area (Å²) in [6, 6.07) is 8.10. The van der Waals surface area contributed by atoms with E-state index in [1.54, 1.807) is 4.90 Å². The molecule has 0 unspecified atom stereocenters. The smallest absolute Gasteiger partial charge is 0.241 e. The molecule has 0 saturated heterocycles. The molecule has 0 atom stereocenters. The van der Waals surface area contributed by atoms with E-state index in [9.17, 15) is 4.79 Å². The highest BCUT2D eigenvalue weighted by Gasteiger charge is 2.11. The van der Waals surface area contributed by atoms with Crippen molar-refractivity contribution in [1.29, 1.82) is 0 Å². The number of hydrogen-bond acceptors (Lipinski definition) is 2. The third-order valence-corrected chi connectivity index (χ3v) is 3.26. The van der Waals surface area contributed by atoms with Crippen LogP contribution < -0.4 is 0 Å². The van der Waals surface area contributed by atoms with Gasteiger partial charge in [-0.3, -0.25) is 4.79 Å². The van der Waals surface area contributed by atoms with Crippen LogP contribution in [0.1, 0.15) is 25.0 Å². The van der Waals surface area contributed by atoms with Crippen LogP contribution in [-0.4, -0.2) is 36.4 Å². The van der Waals surface area contributed by atoms with Crippen LogP contribution in [-0.2, 0) is 9.53 Å². The molecule has 3 nitrogen and oxygen atoms in total. The topological polar surface area (TPSA) is 29.5 Å². The fourth-order valence-corrected chi connectivity index (χ4v) is 2.12. The number of nitrogens with zero attached hydrogens (tertiary/aromatic N) is 1. The predicted molar refractivity (Wildman–Crippen MR) is 83.8 cm³/mol. The molecular formula is C16H22ClNO2. The Morgan fingerprint density at radius 3 is 2.70 bits per heavy atom. The first-order valence-corrected chi connectivity index (χ1v) is 7.31. The van der Waals surface area contributed by atoms with Gasteiger partial charge in [0, 0.05) is 19.4 Å². The third-order valence-electron chi connectivity index (χ3n) is 3.03. The summed E-state index contributed by atoms with van der Waals surface area (Å²) in [5, 5.41) is 0. The van der Waals surface area contributed by atoms with Crippen molar-refractivity contribution >= 4 is 23.1 Å². The molecule has 0 N–H and O–H groups in total. The van der Waals surface area contributed by atoms with Gasteiger partial charge >= 0.3 is 0 Å². The van der Waals surface area contributed by atoms with E-state index < -0.39 is 0 Å². The van der Waals surface area contributed by atoms with Gasteiger partial charge in [0.2, 0.25) is 5.91 Å². The van der Waals surface area contributed by atoms with E-state index in [2.05, 4.69) is 13.0 Å². The number of aryl methyl sites for hydroxylation is 1. The summed E-state index contributed by atoms with van der Waals surface area (Å²) in [7, 11) is 0. The fourth-order valence-electron chi connectivity index (χ4n) is 1.96. The molecule has 0 aliphatic heterocycles. The number of amides is 1. The zero-order valence-electron chi connectivity index (χ0n) is 12.4. The molecule has 0 spiro atoms. The molecule has 1 aromatic carbocycles. The number of halogens is 1. The molecule has 0 heterocycles. The second-order valence-corrected chi connectivity index (χ2v) is 4.81. The van der Waals surface area contributed by atoms with Crippen molar-refractivity contribution in [2.45, 2.75) is 20.8 Å². The normalized spacial score (nSPS) is 11.5. The number of hydrogen-bond donors (Lipinski definition) is 0. The minimum atomic E-state index is -0.112. The molecule has 0 fully saturated rings. The number of carbonyl (C=O) groups excluding carboxylic acids is 1. The maximum atomic E-state index is 11.9. The standard InChI is InChI=1S/C16H22ClNO2/c1-4-20-10-9-18(16(19)11-17)12-14(3)15-8-6-5-7-13(15)2/h5-8,12H,4,9-11H2,1-3H3/b14-12+. The average Bonchev–Trinajstić information content (AvgIpc) is 2.45. The Balaban J connectivity index is 2.88. The number of rotatable bonds is 7. The second kappa shape index (κ2) is 8.77. The Bertz CT molecular complexity index is 471. The zero-order valence-corrected chi connectivity index (χ0v) is 13.1. The van der Waals surface area contributed by atoms with Gasteiger partial charge in [-0.1, -0.05) is 24.3 Å². The number of allylic oxidation sites excluding steroid dienone is 1. The summed E-state index contributed by atoms with van der Waals surface area (Å²) < 4.78 is 5.30. The number of benzene rings is 1. The summed E-state index contributed by atoms with van der Waals surface area (Å²) >= 11 is 5.66. The van der Waals surface area contributed by atoms with Gasteiger partial charge in [-0.2, -0.15) is 0 Å². The van der Waals surface area contributed by atoms with Crippen LogP contribution in [0.5, 0.6) is 0 Å². The van der Waals surface area contributed by atoms with Gasteiger partial charge in [-0.15, -0.1) is 11.6 Å². The van der Waals surface area contributed by atoms with E-state index >= 15 is 0 Å². The predicted octanol–water partition coefficient (Wildman–Crippen LogP) is 3.46. The Morgan fingerprint density at radius 2 is 2.10 bits per heavy atom. The highest BCUT2D eigenvalue weighted by molar-refractivity contribution is 6.27. The van der Waals surface area contributed by atoms with Crippen molar-refractivity contribution in [2.24, 2.45) is 0 Å². The van der Waals surface area contributed by atoms with E-state index in [0.717, 1.165) is 11.1 Å². The lowest BCUT2D eigenvalue weighted by atomic mass is 10.0. The minimum absolute atomic E-state index is 0.0241. The first-order chi connectivity index (χ1) is 9.60. The van der Waals surface area contributed by atoms with Crippen molar-refractivity contribution in [3.05, 3.63) is 41.6 Å². The molecule has 0 radical (unpaired) electrons. The van der Waals surface area contributed by atoms with Crippen LogP contribution in [0.3, 0.4) is 0 Å².